The molecule has 10 aromatic rings. The molecule has 5 heterocycles. The third-order valence-electron chi connectivity index (χ3n) is 17.3. The minimum absolute atomic E-state index is 0.0109. The molecule has 0 N–H and O–H groups in total. The monoisotopic (exact) mass is 1030 g/mol. The first kappa shape index (κ1) is 48.3. The summed E-state index contributed by atoms with van der Waals surface area (Å²) in [6, 6.07) is 78.6. The Morgan fingerprint density at radius 2 is 0.886 bits per heavy atom. The van der Waals surface area contributed by atoms with Crippen LogP contribution in [0.3, 0.4) is 0 Å². The number of hydrogen-bond donors (Lipinski definition) is 0. The van der Waals surface area contributed by atoms with Gasteiger partial charge in [0.25, 0.3) is 13.4 Å². The summed E-state index contributed by atoms with van der Waals surface area (Å²) in [6.45, 7) is 14.3. The van der Waals surface area contributed by atoms with Crippen molar-refractivity contribution >= 4 is 115 Å². The van der Waals surface area contributed by atoms with Crippen LogP contribution in [0.1, 0.15) is 58.2 Å². The maximum atomic E-state index is 7.34. The standard InChI is InChI=1S/C72H61B3N2OS/c1-44(2)36-47-39-50(37-45(3)4)68(51(40-47)38-46(5)6)75-57-31-16-20-35-66(57)79-67-43-62-58(41-59(67)75)74-55-29-14-18-33-61(55)76-60-32-17-13-28-54(60)73-56-30-15-19-34-64(56)78-65-42-63(69(74)72(76)70(65)73)77(62)71-52(48-22-9-7-10-23-48)26-21-27-53(71)49-24-11-8-12-25-49/h7-35,39-46H,36-38H2,1-6H3. The van der Waals surface area contributed by atoms with Crippen molar-refractivity contribution in [3.8, 4) is 33.8 Å². The van der Waals surface area contributed by atoms with Crippen LogP contribution in [0, 0.1) is 17.8 Å². The Kier molecular flexibility index (Phi) is 11.6. The lowest BCUT2D eigenvalue weighted by molar-refractivity contribution is 0.488. The van der Waals surface area contributed by atoms with E-state index >= 15 is 0 Å². The number of rotatable bonds is 10. The number of para-hydroxylation sites is 4. The molecular formula is C72H61B3N2OS. The molecule has 10 aromatic carbocycles. The smallest absolute Gasteiger partial charge is 0.256 e. The zero-order chi connectivity index (χ0) is 53.2. The SMILES string of the molecule is CC(C)Cc1cc(CC(C)C)c(B2c3ccccc3Sc3cc4c(cc32)B2c3ccccc3N3c5ccccc5B5c6ccccc6Oc6cc(c2c3c65)N4c2c(-c3ccccc3)cccc2-c2ccccc2)c(CC(C)C)c1. The Hall–Kier alpha value is -7.86. The molecule has 5 aliphatic rings. The number of ether oxygens (including phenoxy) is 1. The van der Waals surface area contributed by atoms with Crippen molar-refractivity contribution in [3.63, 3.8) is 0 Å². The molecule has 0 atom stereocenters. The molecule has 0 aliphatic carbocycles. The second-order valence-electron chi connectivity index (χ2n) is 23.9. The van der Waals surface area contributed by atoms with Crippen molar-refractivity contribution < 1.29 is 4.74 Å². The molecular weight excluding hydrogens is 973 g/mol. The maximum Gasteiger partial charge on any atom is 0.256 e. The van der Waals surface area contributed by atoms with Crippen molar-refractivity contribution in [2.45, 2.75) is 70.6 Å². The number of fused-ring (bicyclic) bond motifs is 12. The number of hydrogen-bond acceptors (Lipinski definition) is 4. The Morgan fingerprint density at radius 1 is 0.367 bits per heavy atom. The topological polar surface area (TPSA) is 15.7 Å². The minimum atomic E-state index is -0.0899. The van der Waals surface area contributed by atoms with Gasteiger partial charge in [-0.1, -0.05) is 251 Å². The molecule has 0 radical (unpaired) electrons. The largest absolute Gasteiger partial charge is 0.458 e. The highest BCUT2D eigenvalue weighted by atomic mass is 32.2. The van der Waals surface area contributed by atoms with E-state index in [0.29, 0.717) is 17.8 Å². The summed E-state index contributed by atoms with van der Waals surface area (Å²) in [5, 5.41) is 0. The van der Waals surface area contributed by atoms with E-state index in [1.807, 2.05) is 11.8 Å². The van der Waals surface area contributed by atoms with Gasteiger partial charge in [-0.25, -0.2) is 0 Å². The Labute approximate surface area is 472 Å². The highest BCUT2D eigenvalue weighted by Crippen LogP contribution is 2.52. The van der Waals surface area contributed by atoms with E-state index in [0.717, 1.165) is 42.1 Å². The zero-order valence-corrected chi connectivity index (χ0v) is 46.7. The van der Waals surface area contributed by atoms with E-state index in [9.17, 15) is 0 Å². The zero-order valence-electron chi connectivity index (χ0n) is 45.9. The summed E-state index contributed by atoms with van der Waals surface area (Å²) in [6.07, 6.45) is 3.15. The van der Waals surface area contributed by atoms with E-state index < -0.39 is 0 Å². The summed E-state index contributed by atoms with van der Waals surface area (Å²) in [5.74, 6) is 3.40. The molecule has 0 bridgehead atoms. The van der Waals surface area contributed by atoms with Crippen LogP contribution in [0.4, 0.5) is 34.1 Å². The fourth-order valence-corrected chi connectivity index (χ4v) is 15.7. The second kappa shape index (κ2) is 18.9. The summed E-state index contributed by atoms with van der Waals surface area (Å²) < 4.78 is 7.34. The molecule has 3 nitrogen and oxygen atoms in total. The molecule has 0 unspecified atom stereocenters. The van der Waals surface area contributed by atoms with Crippen LogP contribution in [0.25, 0.3) is 22.3 Å². The van der Waals surface area contributed by atoms with Crippen LogP contribution in [0.2, 0.25) is 0 Å². The van der Waals surface area contributed by atoms with Gasteiger partial charge in [0.15, 0.2) is 0 Å². The molecule has 79 heavy (non-hydrogen) atoms. The summed E-state index contributed by atoms with van der Waals surface area (Å²) in [7, 11) is 0. The first-order chi connectivity index (χ1) is 38.7. The lowest BCUT2D eigenvalue weighted by atomic mass is 9.28. The normalized spacial score (nSPS) is 13.9. The highest BCUT2D eigenvalue weighted by molar-refractivity contribution is 8.00. The van der Waals surface area contributed by atoms with Gasteiger partial charge in [0, 0.05) is 55.4 Å². The molecule has 0 saturated heterocycles. The molecule has 0 fully saturated rings. The number of anilines is 6. The van der Waals surface area contributed by atoms with Crippen molar-refractivity contribution in [2.75, 3.05) is 9.80 Å². The minimum Gasteiger partial charge on any atom is -0.458 e. The Morgan fingerprint density at radius 3 is 1.51 bits per heavy atom. The van der Waals surface area contributed by atoms with Crippen LogP contribution >= 0.6 is 11.8 Å². The van der Waals surface area contributed by atoms with Gasteiger partial charge in [-0.05, 0) is 117 Å². The molecule has 0 spiro atoms. The van der Waals surface area contributed by atoms with Crippen molar-refractivity contribution in [1.29, 1.82) is 0 Å². The molecule has 0 amide bonds. The predicted molar refractivity (Wildman–Crippen MR) is 340 cm³/mol. The van der Waals surface area contributed by atoms with Crippen molar-refractivity contribution in [2.24, 2.45) is 17.8 Å². The third-order valence-corrected chi connectivity index (χ3v) is 18.5. The average Bonchev–Trinajstić information content (AvgIpc) is 3.64. The fourth-order valence-electron chi connectivity index (χ4n) is 14.5. The van der Waals surface area contributed by atoms with Gasteiger partial charge in [-0.3, -0.25) is 0 Å². The van der Waals surface area contributed by atoms with Gasteiger partial charge < -0.3 is 14.5 Å². The molecule has 5 aliphatic heterocycles. The molecule has 7 heteroatoms. The lowest BCUT2D eigenvalue weighted by Gasteiger charge is -2.49. The fraction of sp³-hybridized carbons (Fsp3) is 0.167. The quantitative estimate of drug-likeness (QED) is 0.127. The van der Waals surface area contributed by atoms with E-state index in [1.54, 1.807) is 0 Å². The summed E-state index contributed by atoms with van der Waals surface area (Å²) in [5.41, 5.74) is 28.5. The highest BCUT2D eigenvalue weighted by Gasteiger charge is 2.52. The third kappa shape index (κ3) is 7.67. The van der Waals surface area contributed by atoms with Gasteiger partial charge in [0.2, 0.25) is 6.71 Å². The molecule has 0 saturated carbocycles. The van der Waals surface area contributed by atoms with Crippen molar-refractivity contribution in [3.05, 3.63) is 223 Å². The molecule has 15 rings (SSSR count). The van der Waals surface area contributed by atoms with Gasteiger partial charge in [-0.15, -0.1) is 0 Å². The van der Waals surface area contributed by atoms with Crippen LogP contribution in [-0.4, -0.2) is 20.1 Å². The van der Waals surface area contributed by atoms with E-state index in [2.05, 4.69) is 258 Å². The lowest BCUT2D eigenvalue weighted by Crippen LogP contribution is -2.68. The van der Waals surface area contributed by atoms with Crippen LogP contribution in [0.15, 0.2) is 216 Å². The molecule has 0 aromatic heterocycles. The summed E-state index contributed by atoms with van der Waals surface area (Å²) >= 11 is 1.95. The Bertz CT molecular complexity index is 4010. The van der Waals surface area contributed by atoms with Gasteiger partial charge in [0.1, 0.15) is 11.5 Å². The van der Waals surface area contributed by atoms with Gasteiger partial charge in [-0.2, -0.15) is 0 Å². The second-order valence-corrected chi connectivity index (χ2v) is 25.0. The average molecular weight is 1030 g/mol. The van der Waals surface area contributed by atoms with E-state index in [-0.39, 0.29) is 20.1 Å². The Balaban J connectivity index is 1.09. The number of nitrogens with zero attached hydrogens (tertiary/aromatic N) is 2. The van der Waals surface area contributed by atoms with Crippen LogP contribution < -0.4 is 63.7 Å². The van der Waals surface area contributed by atoms with E-state index in [1.165, 1.54) is 121 Å². The van der Waals surface area contributed by atoms with Crippen molar-refractivity contribution in [1.82, 2.24) is 0 Å². The van der Waals surface area contributed by atoms with Gasteiger partial charge in [0.05, 0.1) is 5.69 Å². The first-order valence-electron chi connectivity index (χ1n) is 28.8. The van der Waals surface area contributed by atoms with Crippen LogP contribution in [-0.2, 0) is 19.3 Å². The predicted octanol–water partition coefficient (Wildman–Crippen LogP) is 12.6. The maximum absolute atomic E-state index is 7.34. The first-order valence-corrected chi connectivity index (χ1v) is 29.6. The molecule has 380 valence electrons. The summed E-state index contributed by atoms with van der Waals surface area (Å²) in [4.78, 5) is 7.94. The number of benzene rings is 10. The van der Waals surface area contributed by atoms with Gasteiger partial charge >= 0.3 is 0 Å². The van der Waals surface area contributed by atoms with Crippen LogP contribution in [0.5, 0.6) is 11.5 Å². The van der Waals surface area contributed by atoms with E-state index in [4.69, 9.17) is 4.74 Å².